The summed E-state index contributed by atoms with van der Waals surface area (Å²) in [6, 6.07) is 2.86. The van der Waals surface area contributed by atoms with Crippen LogP contribution in [0.3, 0.4) is 0 Å². The first-order valence-corrected chi connectivity index (χ1v) is 6.10. The number of rotatable bonds is 5. The zero-order valence-electron chi connectivity index (χ0n) is 8.12. The Hall–Kier alpha value is -0.340. The first-order valence-electron chi connectivity index (χ1n) is 5.15. The zero-order chi connectivity index (χ0) is 9.10. The second-order valence-corrected chi connectivity index (χ2v) is 4.63. The van der Waals surface area contributed by atoms with E-state index in [0.717, 1.165) is 12.5 Å². The van der Waals surface area contributed by atoms with Crippen LogP contribution in [-0.2, 0) is 0 Å². The Bertz CT molecular complexity index is 239. The maximum Gasteiger partial charge on any atom is 0.0331 e. The van der Waals surface area contributed by atoms with Crippen molar-refractivity contribution in [3.05, 3.63) is 22.4 Å². The number of hydrogen-bond donors (Lipinski definition) is 1. The molecule has 1 nitrogen and oxygen atoms in total. The maximum absolute atomic E-state index is 3.56. The van der Waals surface area contributed by atoms with E-state index in [1.165, 1.54) is 24.8 Å². The van der Waals surface area contributed by atoms with Crippen LogP contribution in [0.5, 0.6) is 0 Å². The average molecular weight is 195 g/mol. The van der Waals surface area contributed by atoms with Crippen molar-refractivity contribution < 1.29 is 0 Å². The van der Waals surface area contributed by atoms with Crippen molar-refractivity contribution in [2.75, 3.05) is 6.54 Å². The summed E-state index contributed by atoms with van der Waals surface area (Å²) < 4.78 is 0. The Morgan fingerprint density at radius 1 is 1.62 bits per heavy atom. The predicted molar refractivity (Wildman–Crippen MR) is 58.1 cm³/mol. The van der Waals surface area contributed by atoms with Gasteiger partial charge in [0.1, 0.15) is 0 Å². The van der Waals surface area contributed by atoms with Crippen molar-refractivity contribution in [1.29, 1.82) is 0 Å². The summed E-state index contributed by atoms with van der Waals surface area (Å²) in [5.74, 6) is 1.00. The van der Waals surface area contributed by atoms with Gasteiger partial charge in [-0.15, -0.1) is 0 Å². The standard InChI is InChI=1S/C11H17NS/c1-2-12-11(7-9-3-4-9)10-5-6-13-8-10/h5-6,8-9,11-12H,2-4,7H2,1H3. The normalized spacial score (nSPS) is 18.8. The van der Waals surface area contributed by atoms with Gasteiger partial charge in [0.2, 0.25) is 0 Å². The van der Waals surface area contributed by atoms with E-state index in [1.807, 2.05) is 0 Å². The SMILES string of the molecule is CCNC(CC1CC1)c1ccsc1. The van der Waals surface area contributed by atoms with E-state index in [1.54, 1.807) is 11.3 Å². The second kappa shape index (κ2) is 4.25. The van der Waals surface area contributed by atoms with Crippen molar-refractivity contribution in [2.45, 2.75) is 32.2 Å². The summed E-state index contributed by atoms with van der Waals surface area (Å²) in [5, 5.41) is 8.01. The highest BCUT2D eigenvalue weighted by molar-refractivity contribution is 7.07. The molecule has 72 valence electrons. The summed E-state index contributed by atoms with van der Waals surface area (Å²) in [4.78, 5) is 0. The van der Waals surface area contributed by atoms with Gasteiger partial charge in [-0.3, -0.25) is 0 Å². The highest BCUT2D eigenvalue weighted by atomic mass is 32.1. The maximum atomic E-state index is 3.56. The minimum atomic E-state index is 0.615. The third-order valence-electron chi connectivity index (χ3n) is 2.66. The molecule has 2 rings (SSSR count). The lowest BCUT2D eigenvalue weighted by molar-refractivity contribution is 0.488. The molecule has 0 saturated heterocycles. The molecule has 1 atom stereocenters. The largest absolute Gasteiger partial charge is 0.310 e. The average Bonchev–Trinajstić information content (AvgIpc) is 2.80. The molecule has 0 aromatic carbocycles. The van der Waals surface area contributed by atoms with Gasteiger partial charge in [-0.1, -0.05) is 19.8 Å². The van der Waals surface area contributed by atoms with E-state index < -0.39 is 0 Å². The van der Waals surface area contributed by atoms with Crippen LogP contribution in [0.25, 0.3) is 0 Å². The molecule has 0 bridgehead atoms. The molecule has 0 aliphatic heterocycles. The molecule has 0 radical (unpaired) electrons. The summed E-state index contributed by atoms with van der Waals surface area (Å²) in [6.07, 6.45) is 4.24. The summed E-state index contributed by atoms with van der Waals surface area (Å²) in [7, 11) is 0. The molecule has 1 aromatic rings. The van der Waals surface area contributed by atoms with Crippen molar-refractivity contribution in [2.24, 2.45) is 5.92 Å². The molecule has 1 heterocycles. The molecule has 0 amide bonds. The van der Waals surface area contributed by atoms with Crippen LogP contribution in [0.15, 0.2) is 16.8 Å². The van der Waals surface area contributed by atoms with E-state index in [4.69, 9.17) is 0 Å². The summed E-state index contributed by atoms with van der Waals surface area (Å²) in [5.41, 5.74) is 1.48. The highest BCUT2D eigenvalue weighted by Gasteiger charge is 2.25. The molecular weight excluding hydrogens is 178 g/mol. The minimum absolute atomic E-state index is 0.615. The Morgan fingerprint density at radius 2 is 2.46 bits per heavy atom. The zero-order valence-corrected chi connectivity index (χ0v) is 8.94. The van der Waals surface area contributed by atoms with Gasteiger partial charge in [0.05, 0.1) is 0 Å². The van der Waals surface area contributed by atoms with E-state index in [0.29, 0.717) is 6.04 Å². The summed E-state index contributed by atoms with van der Waals surface area (Å²) in [6.45, 7) is 3.26. The van der Waals surface area contributed by atoms with Gasteiger partial charge in [0.25, 0.3) is 0 Å². The third-order valence-corrected chi connectivity index (χ3v) is 3.36. The van der Waals surface area contributed by atoms with Crippen LogP contribution >= 0.6 is 11.3 Å². The second-order valence-electron chi connectivity index (χ2n) is 3.85. The van der Waals surface area contributed by atoms with Gasteiger partial charge in [0.15, 0.2) is 0 Å². The van der Waals surface area contributed by atoms with Crippen LogP contribution in [0.1, 0.15) is 37.8 Å². The number of nitrogens with one attached hydrogen (secondary N) is 1. The quantitative estimate of drug-likeness (QED) is 0.761. The first-order chi connectivity index (χ1) is 6.40. The molecule has 0 spiro atoms. The smallest absolute Gasteiger partial charge is 0.0331 e. The monoisotopic (exact) mass is 195 g/mol. The van der Waals surface area contributed by atoms with Crippen LogP contribution < -0.4 is 5.32 Å². The van der Waals surface area contributed by atoms with Crippen molar-refractivity contribution in [1.82, 2.24) is 5.32 Å². The number of hydrogen-bond acceptors (Lipinski definition) is 2. The van der Waals surface area contributed by atoms with E-state index in [9.17, 15) is 0 Å². The molecular formula is C11H17NS. The molecule has 1 aromatic heterocycles. The van der Waals surface area contributed by atoms with Gasteiger partial charge >= 0.3 is 0 Å². The predicted octanol–water partition coefficient (Wildman–Crippen LogP) is 3.20. The lowest BCUT2D eigenvalue weighted by Crippen LogP contribution is -2.20. The first kappa shape index (κ1) is 9.22. The van der Waals surface area contributed by atoms with Gasteiger partial charge in [0, 0.05) is 6.04 Å². The molecule has 1 saturated carbocycles. The van der Waals surface area contributed by atoms with Gasteiger partial charge < -0.3 is 5.32 Å². The van der Waals surface area contributed by atoms with E-state index in [-0.39, 0.29) is 0 Å². The van der Waals surface area contributed by atoms with E-state index >= 15 is 0 Å². The molecule has 1 unspecified atom stereocenters. The van der Waals surface area contributed by atoms with Crippen molar-refractivity contribution >= 4 is 11.3 Å². The van der Waals surface area contributed by atoms with Crippen molar-refractivity contribution in [3.8, 4) is 0 Å². The Balaban J connectivity index is 1.95. The molecule has 1 aliphatic rings. The fourth-order valence-corrected chi connectivity index (χ4v) is 2.46. The van der Waals surface area contributed by atoms with Crippen molar-refractivity contribution in [3.63, 3.8) is 0 Å². The summed E-state index contributed by atoms with van der Waals surface area (Å²) >= 11 is 1.80. The van der Waals surface area contributed by atoms with Crippen LogP contribution in [0.2, 0.25) is 0 Å². The van der Waals surface area contributed by atoms with Gasteiger partial charge in [-0.2, -0.15) is 11.3 Å². The van der Waals surface area contributed by atoms with Crippen LogP contribution in [-0.4, -0.2) is 6.54 Å². The fraction of sp³-hybridized carbons (Fsp3) is 0.636. The molecule has 1 N–H and O–H groups in total. The Morgan fingerprint density at radius 3 is 3.00 bits per heavy atom. The lowest BCUT2D eigenvalue weighted by Gasteiger charge is -2.16. The number of thiophene rings is 1. The van der Waals surface area contributed by atoms with E-state index in [2.05, 4.69) is 29.1 Å². The molecule has 1 aliphatic carbocycles. The van der Waals surface area contributed by atoms with Crippen LogP contribution in [0, 0.1) is 5.92 Å². The Labute approximate surface area is 84.2 Å². The van der Waals surface area contributed by atoms with Gasteiger partial charge in [-0.25, -0.2) is 0 Å². The Kier molecular flexibility index (Phi) is 3.01. The highest BCUT2D eigenvalue weighted by Crippen LogP contribution is 2.37. The van der Waals surface area contributed by atoms with Gasteiger partial charge in [-0.05, 0) is 41.3 Å². The minimum Gasteiger partial charge on any atom is -0.310 e. The topological polar surface area (TPSA) is 12.0 Å². The molecule has 2 heteroatoms. The lowest BCUT2D eigenvalue weighted by atomic mass is 10.0. The fourth-order valence-electron chi connectivity index (χ4n) is 1.74. The third kappa shape index (κ3) is 2.55. The molecule has 1 fully saturated rings. The molecule has 13 heavy (non-hydrogen) atoms. The van der Waals surface area contributed by atoms with Crippen LogP contribution in [0.4, 0.5) is 0 Å².